The Balaban J connectivity index is 2.27. The number of aromatic nitrogens is 1. The number of hydrogen-bond acceptors (Lipinski definition) is 3. The van der Waals surface area contributed by atoms with Gasteiger partial charge in [0.05, 0.1) is 12.3 Å². The number of halogens is 1. The van der Waals surface area contributed by atoms with Crippen LogP contribution in [0, 0.1) is 0 Å². The van der Waals surface area contributed by atoms with E-state index in [1.807, 2.05) is 5.38 Å². The number of aliphatic hydroxyl groups excluding tert-OH is 1. The monoisotopic (exact) mass is 247 g/mol. The summed E-state index contributed by atoms with van der Waals surface area (Å²) in [7, 11) is 0. The maximum atomic E-state index is 9.25. The van der Waals surface area contributed by atoms with Crippen LogP contribution in [0.1, 0.15) is 25.0 Å². The maximum absolute atomic E-state index is 9.25. The van der Waals surface area contributed by atoms with Gasteiger partial charge in [0.15, 0.2) is 3.92 Å². The Kier molecular flexibility index (Phi) is 2.23. The average Bonchev–Trinajstić information content (AvgIpc) is 2.35. The molecule has 0 spiro atoms. The first-order valence-electron chi connectivity index (χ1n) is 3.99. The van der Waals surface area contributed by atoms with Crippen LogP contribution < -0.4 is 0 Å². The molecule has 0 unspecified atom stereocenters. The van der Waals surface area contributed by atoms with Crippen LogP contribution in [0.4, 0.5) is 0 Å². The van der Waals surface area contributed by atoms with Crippen LogP contribution >= 0.6 is 27.3 Å². The van der Waals surface area contributed by atoms with E-state index in [1.54, 1.807) is 11.3 Å². The van der Waals surface area contributed by atoms with E-state index >= 15 is 0 Å². The molecule has 0 aromatic carbocycles. The Morgan fingerprint density at radius 1 is 1.67 bits per heavy atom. The fourth-order valence-corrected chi connectivity index (χ4v) is 2.73. The lowest BCUT2D eigenvalue weighted by atomic mass is 9.67. The van der Waals surface area contributed by atoms with E-state index in [-0.39, 0.29) is 12.0 Å². The second kappa shape index (κ2) is 3.09. The van der Waals surface area contributed by atoms with Crippen LogP contribution in [0.3, 0.4) is 0 Å². The van der Waals surface area contributed by atoms with Crippen molar-refractivity contribution < 1.29 is 5.11 Å². The lowest BCUT2D eigenvalue weighted by Gasteiger charge is -2.38. The van der Waals surface area contributed by atoms with Crippen molar-refractivity contribution in [3.8, 4) is 0 Å². The quantitative estimate of drug-likeness (QED) is 0.871. The molecule has 0 amide bonds. The Hall–Kier alpha value is 0.0700. The summed E-state index contributed by atoms with van der Waals surface area (Å²) in [6, 6.07) is 0. The van der Waals surface area contributed by atoms with Crippen LogP contribution in [0.15, 0.2) is 9.30 Å². The highest BCUT2D eigenvalue weighted by Gasteiger charge is 2.39. The summed E-state index contributed by atoms with van der Waals surface area (Å²) in [5.74, 6) is 0. The molecule has 1 aromatic rings. The second-order valence-corrected chi connectivity index (χ2v) is 5.41. The molecule has 1 fully saturated rings. The number of hydrogen-bond donors (Lipinski definition) is 1. The van der Waals surface area contributed by atoms with E-state index < -0.39 is 0 Å². The van der Waals surface area contributed by atoms with Crippen molar-refractivity contribution in [2.45, 2.75) is 24.7 Å². The highest BCUT2D eigenvalue weighted by molar-refractivity contribution is 9.11. The highest BCUT2D eigenvalue weighted by Crippen LogP contribution is 2.43. The first kappa shape index (κ1) is 8.66. The second-order valence-electron chi connectivity index (χ2n) is 3.28. The Morgan fingerprint density at radius 2 is 2.42 bits per heavy atom. The molecule has 1 aliphatic rings. The van der Waals surface area contributed by atoms with Gasteiger partial charge in [-0.3, -0.25) is 0 Å². The predicted molar refractivity (Wildman–Crippen MR) is 52.4 cm³/mol. The van der Waals surface area contributed by atoms with Gasteiger partial charge in [0.2, 0.25) is 0 Å². The van der Waals surface area contributed by atoms with Gasteiger partial charge in [-0.1, -0.05) is 6.42 Å². The number of nitrogens with zero attached hydrogens (tertiary/aromatic N) is 1. The molecule has 0 radical (unpaired) electrons. The Bertz CT molecular complexity index is 277. The third kappa shape index (κ3) is 1.22. The molecule has 66 valence electrons. The molecule has 2 nitrogen and oxygen atoms in total. The van der Waals surface area contributed by atoms with Gasteiger partial charge >= 0.3 is 0 Å². The molecule has 1 heterocycles. The average molecular weight is 248 g/mol. The van der Waals surface area contributed by atoms with Crippen molar-refractivity contribution in [1.29, 1.82) is 0 Å². The summed E-state index contributed by atoms with van der Waals surface area (Å²) >= 11 is 4.92. The lowest BCUT2D eigenvalue weighted by molar-refractivity contribution is 0.117. The van der Waals surface area contributed by atoms with Gasteiger partial charge in [0.1, 0.15) is 0 Å². The summed E-state index contributed by atoms with van der Waals surface area (Å²) in [6.07, 6.45) is 3.38. The number of rotatable bonds is 2. The summed E-state index contributed by atoms with van der Waals surface area (Å²) in [6.45, 7) is 0.239. The van der Waals surface area contributed by atoms with E-state index in [9.17, 15) is 5.11 Å². The third-order valence-corrected chi connectivity index (χ3v) is 4.00. The first-order chi connectivity index (χ1) is 5.77. The van der Waals surface area contributed by atoms with Gasteiger partial charge in [-0.05, 0) is 28.8 Å². The van der Waals surface area contributed by atoms with Gasteiger partial charge in [-0.25, -0.2) is 4.98 Å². The molecule has 1 saturated carbocycles. The third-order valence-electron chi connectivity index (χ3n) is 2.63. The first-order valence-corrected chi connectivity index (χ1v) is 5.66. The summed E-state index contributed by atoms with van der Waals surface area (Å²) in [5.41, 5.74) is 1.07. The molecular formula is C8H10BrNOS. The zero-order valence-electron chi connectivity index (χ0n) is 6.59. The minimum Gasteiger partial charge on any atom is -0.395 e. The van der Waals surface area contributed by atoms with Gasteiger partial charge < -0.3 is 5.11 Å². The minimum absolute atomic E-state index is 0.00250. The zero-order chi connectivity index (χ0) is 8.60. The fraction of sp³-hybridized carbons (Fsp3) is 0.625. The molecule has 12 heavy (non-hydrogen) atoms. The molecule has 0 saturated heterocycles. The molecule has 0 aliphatic heterocycles. The summed E-state index contributed by atoms with van der Waals surface area (Å²) in [5, 5.41) is 11.3. The summed E-state index contributed by atoms with van der Waals surface area (Å²) in [4.78, 5) is 4.35. The topological polar surface area (TPSA) is 33.1 Å². The fourth-order valence-electron chi connectivity index (χ4n) is 1.59. The van der Waals surface area contributed by atoms with Gasteiger partial charge in [0.25, 0.3) is 0 Å². The SMILES string of the molecule is OCC1(c2csc(Br)n2)CCC1. The smallest absolute Gasteiger partial charge is 0.159 e. The van der Waals surface area contributed by atoms with Crippen molar-refractivity contribution in [3.63, 3.8) is 0 Å². The van der Waals surface area contributed by atoms with E-state index in [1.165, 1.54) is 6.42 Å². The minimum atomic E-state index is 0.00250. The predicted octanol–water partition coefficient (Wildman–Crippen LogP) is 2.32. The van der Waals surface area contributed by atoms with Crippen LogP contribution in [0.2, 0.25) is 0 Å². The molecule has 4 heteroatoms. The zero-order valence-corrected chi connectivity index (χ0v) is 8.99. The Labute approximate surface area is 83.8 Å². The normalized spacial score (nSPS) is 20.5. The van der Waals surface area contributed by atoms with Crippen LogP contribution in [0.25, 0.3) is 0 Å². The maximum Gasteiger partial charge on any atom is 0.159 e. The van der Waals surface area contributed by atoms with Crippen LogP contribution in [-0.2, 0) is 5.41 Å². The number of thiazole rings is 1. The molecule has 0 bridgehead atoms. The van der Waals surface area contributed by atoms with E-state index in [0.717, 1.165) is 22.5 Å². The molecule has 1 N–H and O–H groups in total. The van der Waals surface area contributed by atoms with E-state index in [0.29, 0.717) is 0 Å². The van der Waals surface area contributed by atoms with Gasteiger partial charge in [0, 0.05) is 10.8 Å². The van der Waals surface area contributed by atoms with Gasteiger partial charge in [-0.15, -0.1) is 11.3 Å². The van der Waals surface area contributed by atoms with E-state index in [2.05, 4.69) is 20.9 Å². The molecule has 0 atom stereocenters. The van der Waals surface area contributed by atoms with Crippen molar-refractivity contribution in [3.05, 3.63) is 15.0 Å². The molecule has 1 aromatic heterocycles. The highest BCUT2D eigenvalue weighted by atomic mass is 79.9. The van der Waals surface area contributed by atoms with Crippen LogP contribution in [0.5, 0.6) is 0 Å². The summed E-state index contributed by atoms with van der Waals surface area (Å²) < 4.78 is 0.914. The largest absolute Gasteiger partial charge is 0.395 e. The van der Waals surface area contributed by atoms with Gasteiger partial charge in [-0.2, -0.15) is 0 Å². The van der Waals surface area contributed by atoms with Crippen LogP contribution in [-0.4, -0.2) is 16.7 Å². The molecule has 2 rings (SSSR count). The molecular weight excluding hydrogens is 238 g/mol. The van der Waals surface area contributed by atoms with Crippen molar-refractivity contribution in [1.82, 2.24) is 4.98 Å². The number of aliphatic hydroxyl groups is 1. The van der Waals surface area contributed by atoms with Crippen molar-refractivity contribution in [2.75, 3.05) is 6.61 Å². The van der Waals surface area contributed by atoms with E-state index in [4.69, 9.17) is 0 Å². The molecule has 1 aliphatic carbocycles. The van der Waals surface area contributed by atoms with Crippen molar-refractivity contribution in [2.24, 2.45) is 0 Å². The van der Waals surface area contributed by atoms with Crippen molar-refractivity contribution >= 4 is 27.3 Å². The standard InChI is InChI=1S/C8H10BrNOS/c9-7-10-6(4-12-7)8(5-11)2-1-3-8/h4,11H,1-3,5H2. The Morgan fingerprint density at radius 3 is 2.75 bits per heavy atom. The lowest BCUT2D eigenvalue weighted by Crippen LogP contribution is -2.38.